The highest BCUT2D eigenvalue weighted by Gasteiger charge is 2.27. The van der Waals surface area contributed by atoms with Crippen LogP contribution in [0.5, 0.6) is 0 Å². The van der Waals surface area contributed by atoms with Crippen LogP contribution in [0.2, 0.25) is 5.02 Å². The number of halogens is 3. The number of likely N-dealkylation sites (tertiary alicyclic amines) is 1. The van der Waals surface area contributed by atoms with E-state index in [2.05, 4.69) is 15.9 Å². The first-order valence-electron chi connectivity index (χ1n) is 6.45. The molecular formula is C14H16BrClFNO. The molecule has 1 aliphatic heterocycles. The van der Waals surface area contributed by atoms with Gasteiger partial charge in [-0.3, -0.25) is 4.79 Å². The Hall–Kier alpha value is -0.610. The number of hydrogen-bond acceptors (Lipinski definition) is 1. The van der Waals surface area contributed by atoms with Crippen LogP contribution in [0.1, 0.15) is 36.0 Å². The number of nitrogens with zero attached hydrogens (tertiary/aromatic N) is 1. The molecule has 1 saturated heterocycles. The molecule has 1 unspecified atom stereocenters. The normalized spacial score (nSPS) is 19.5. The van der Waals surface area contributed by atoms with E-state index in [0.29, 0.717) is 5.56 Å². The lowest BCUT2D eigenvalue weighted by Crippen LogP contribution is -2.43. The number of alkyl halides is 1. The molecule has 0 bridgehead atoms. The van der Waals surface area contributed by atoms with E-state index >= 15 is 0 Å². The molecule has 1 atom stereocenters. The Balaban J connectivity index is 2.18. The Kier molecular flexibility index (Phi) is 5.22. The summed E-state index contributed by atoms with van der Waals surface area (Å²) in [4.78, 5) is 14.4. The van der Waals surface area contributed by atoms with E-state index in [-0.39, 0.29) is 17.0 Å². The van der Waals surface area contributed by atoms with E-state index in [1.807, 2.05) is 4.90 Å². The van der Waals surface area contributed by atoms with Gasteiger partial charge in [0.25, 0.3) is 5.91 Å². The molecule has 104 valence electrons. The molecule has 1 fully saturated rings. The maximum atomic E-state index is 13.1. The van der Waals surface area contributed by atoms with Crippen LogP contribution in [-0.2, 0) is 0 Å². The summed E-state index contributed by atoms with van der Waals surface area (Å²) in [7, 11) is 0. The minimum atomic E-state index is -0.492. The maximum Gasteiger partial charge on any atom is 0.254 e. The summed E-state index contributed by atoms with van der Waals surface area (Å²) in [5.41, 5.74) is 0.466. The van der Waals surface area contributed by atoms with Gasteiger partial charge in [-0.05, 0) is 43.9 Å². The summed E-state index contributed by atoms with van der Waals surface area (Å²) in [6, 6.07) is 4.44. The van der Waals surface area contributed by atoms with Gasteiger partial charge < -0.3 is 4.90 Å². The van der Waals surface area contributed by atoms with Crippen LogP contribution in [-0.4, -0.2) is 28.7 Å². The average molecular weight is 349 g/mol. The Morgan fingerprint density at radius 1 is 1.47 bits per heavy atom. The van der Waals surface area contributed by atoms with Gasteiger partial charge in [0.2, 0.25) is 0 Å². The van der Waals surface area contributed by atoms with Gasteiger partial charge in [-0.1, -0.05) is 27.5 Å². The summed E-state index contributed by atoms with van der Waals surface area (Å²) in [5.74, 6) is -0.540. The largest absolute Gasteiger partial charge is 0.336 e. The monoisotopic (exact) mass is 347 g/mol. The second-order valence-electron chi connectivity index (χ2n) is 4.75. The predicted molar refractivity (Wildman–Crippen MR) is 78.5 cm³/mol. The van der Waals surface area contributed by atoms with Gasteiger partial charge in [0.1, 0.15) is 5.82 Å². The third-order valence-electron chi connectivity index (χ3n) is 3.50. The number of amides is 1. The summed E-state index contributed by atoms with van der Waals surface area (Å²) < 4.78 is 13.1. The van der Waals surface area contributed by atoms with Gasteiger partial charge in [-0.2, -0.15) is 0 Å². The first-order chi connectivity index (χ1) is 9.13. The molecule has 1 heterocycles. The van der Waals surface area contributed by atoms with E-state index in [1.54, 1.807) is 0 Å². The van der Waals surface area contributed by atoms with Gasteiger partial charge in [0.05, 0.1) is 5.02 Å². The number of carbonyl (C=O) groups is 1. The average Bonchev–Trinajstić information content (AvgIpc) is 2.42. The minimum Gasteiger partial charge on any atom is -0.336 e. The van der Waals surface area contributed by atoms with E-state index in [9.17, 15) is 9.18 Å². The van der Waals surface area contributed by atoms with Gasteiger partial charge in [-0.25, -0.2) is 4.39 Å². The summed E-state index contributed by atoms with van der Waals surface area (Å²) in [5, 5.41) is 0.880. The van der Waals surface area contributed by atoms with Crippen molar-refractivity contribution in [3.8, 4) is 0 Å². The second kappa shape index (κ2) is 6.71. The second-order valence-corrected chi connectivity index (χ2v) is 5.95. The molecule has 0 radical (unpaired) electrons. The van der Waals surface area contributed by atoms with Crippen LogP contribution in [0, 0.1) is 5.82 Å². The predicted octanol–water partition coefficient (Wildman–Crippen LogP) is 4.26. The highest BCUT2D eigenvalue weighted by Crippen LogP contribution is 2.24. The van der Waals surface area contributed by atoms with Crippen molar-refractivity contribution in [2.75, 3.05) is 11.9 Å². The fourth-order valence-electron chi connectivity index (χ4n) is 2.49. The Labute approximate surface area is 126 Å². The van der Waals surface area contributed by atoms with Crippen LogP contribution in [0.25, 0.3) is 0 Å². The van der Waals surface area contributed by atoms with Crippen LogP contribution in [0.4, 0.5) is 4.39 Å². The van der Waals surface area contributed by atoms with Crippen molar-refractivity contribution in [2.45, 2.75) is 31.7 Å². The highest BCUT2D eigenvalue weighted by molar-refractivity contribution is 9.09. The third kappa shape index (κ3) is 3.48. The highest BCUT2D eigenvalue weighted by atomic mass is 79.9. The van der Waals surface area contributed by atoms with Crippen LogP contribution in [0.15, 0.2) is 18.2 Å². The molecule has 0 saturated carbocycles. The molecule has 2 rings (SSSR count). The number of piperidine rings is 1. The van der Waals surface area contributed by atoms with Gasteiger partial charge in [-0.15, -0.1) is 0 Å². The molecule has 0 N–H and O–H groups in total. The van der Waals surface area contributed by atoms with Crippen molar-refractivity contribution in [1.29, 1.82) is 0 Å². The Morgan fingerprint density at radius 2 is 2.26 bits per heavy atom. The number of rotatable bonds is 3. The minimum absolute atomic E-state index is 0.0000917. The molecule has 1 amide bonds. The van der Waals surface area contributed by atoms with Crippen molar-refractivity contribution in [2.24, 2.45) is 0 Å². The SMILES string of the molecule is O=C(c1ccc(F)c(Cl)c1)N1CCCCC1CCBr. The summed E-state index contributed by atoms with van der Waals surface area (Å²) >= 11 is 9.17. The molecule has 1 aliphatic rings. The standard InChI is InChI=1S/C14H16BrClFNO/c15-7-6-11-3-1-2-8-18(11)14(19)10-4-5-13(17)12(16)9-10/h4-5,9,11H,1-3,6-8H2. The van der Waals surface area contributed by atoms with Crippen molar-refractivity contribution >= 4 is 33.4 Å². The molecule has 0 aliphatic carbocycles. The fraction of sp³-hybridized carbons (Fsp3) is 0.500. The Bertz CT molecular complexity index is 467. The van der Waals surface area contributed by atoms with Gasteiger partial charge >= 0.3 is 0 Å². The Morgan fingerprint density at radius 3 is 2.95 bits per heavy atom. The first-order valence-corrected chi connectivity index (χ1v) is 7.95. The van der Waals surface area contributed by atoms with Crippen LogP contribution < -0.4 is 0 Å². The lowest BCUT2D eigenvalue weighted by atomic mass is 9.99. The van der Waals surface area contributed by atoms with Gasteiger partial charge in [0, 0.05) is 23.5 Å². The molecular weight excluding hydrogens is 333 g/mol. The number of benzene rings is 1. The molecule has 0 aromatic heterocycles. The lowest BCUT2D eigenvalue weighted by Gasteiger charge is -2.35. The quantitative estimate of drug-likeness (QED) is 0.747. The summed E-state index contributed by atoms with van der Waals surface area (Å²) in [6.07, 6.45) is 4.16. The van der Waals surface area contributed by atoms with Crippen molar-refractivity contribution in [3.05, 3.63) is 34.6 Å². The van der Waals surface area contributed by atoms with E-state index in [1.165, 1.54) is 18.2 Å². The van der Waals surface area contributed by atoms with Crippen LogP contribution >= 0.6 is 27.5 Å². The zero-order chi connectivity index (χ0) is 13.8. The van der Waals surface area contributed by atoms with Crippen molar-refractivity contribution < 1.29 is 9.18 Å². The van der Waals surface area contributed by atoms with Crippen molar-refractivity contribution in [1.82, 2.24) is 4.90 Å². The molecule has 1 aromatic carbocycles. The first kappa shape index (κ1) is 14.8. The van der Waals surface area contributed by atoms with E-state index in [4.69, 9.17) is 11.6 Å². The van der Waals surface area contributed by atoms with E-state index < -0.39 is 5.82 Å². The topological polar surface area (TPSA) is 20.3 Å². The molecule has 19 heavy (non-hydrogen) atoms. The molecule has 1 aromatic rings. The lowest BCUT2D eigenvalue weighted by molar-refractivity contribution is 0.0610. The fourth-order valence-corrected chi connectivity index (χ4v) is 3.20. The third-order valence-corrected chi connectivity index (χ3v) is 4.24. The van der Waals surface area contributed by atoms with E-state index in [0.717, 1.165) is 37.6 Å². The van der Waals surface area contributed by atoms with Crippen LogP contribution in [0.3, 0.4) is 0 Å². The van der Waals surface area contributed by atoms with Gasteiger partial charge in [0.15, 0.2) is 0 Å². The molecule has 2 nitrogen and oxygen atoms in total. The smallest absolute Gasteiger partial charge is 0.254 e. The zero-order valence-corrected chi connectivity index (χ0v) is 12.9. The molecule has 0 spiro atoms. The van der Waals surface area contributed by atoms with Crippen molar-refractivity contribution in [3.63, 3.8) is 0 Å². The summed E-state index contributed by atoms with van der Waals surface area (Å²) in [6.45, 7) is 0.769. The maximum absolute atomic E-state index is 13.1. The number of hydrogen-bond donors (Lipinski definition) is 0. The zero-order valence-electron chi connectivity index (χ0n) is 10.5. The number of carbonyl (C=O) groups excluding carboxylic acids is 1. The molecule has 5 heteroatoms.